The molecule has 0 spiro atoms. The van der Waals surface area contributed by atoms with Crippen LogP contribution in [-0.4, -0.2) is 69.8 Å². The van der Waals surface area contributed by atoms with E-state index in [0.29, 0.717) is 29.7 Å². The molecule has 2 heterocycles. The van der Waals surface area contributed by atoms with Crippen molar-refractivity contribution in [3.8, 4) is 11.8 Å². The number of fused-ring (bicyclic) bond motifs is 2. The van der Waals surface area contributed by atoms with Gasteiger partial charge < -0.3 is 9.64 Å². The summed E-state index contributed by atoms with van der Waals surface area (Å²) in [6, 6.07) is 19.2. The molecular formula is C25H32N4O3S. The summed E-state index contributed by atoms with van der Waals surface area (Å²) in [5, 5.41) is 8.94. The fraction of sp³-hybridized carbons (Fsp3) is 0.480. The lowest BCUT2D eigenvalue weighted by molar-refractivity contribution is 0.0225. The maximum Gasteiger partial charge on any atom is 0.209 e. The number of ether oxygens (including phenoxy) is 1. The first-order chi connectivity index (χ1) is 15.9. The number of benzene rings is 2. The maximum atomic E-state index is 12.0. The number of rotatable bonds is 9. The minimum absolute atomic E-state index is 0.241. The highest BCUT2D eigenvalue weighted by atomic mass is 32.2. The van der Waals surface area contributed by atoms with Crippen molar-refractivity contribution in [1.29, 1.82) is 5.26 Å². The van der Waals surface area contributed by atoms with Crippen LogP contribution in [0.5, 0.6) is 5.75 Å². The first kappa shape index (κ1) is 23.7. The van der Waals surface area contributed by atoms with Crippen molar-refractivity contribution in [2.75, 3.05) is 45.6 Å². The van der Waals surface area contributed by atoms with Gasteiger partial charge in [-0.15, -0.1) is 0 Å². The van der Waals surface area contributed by atoms with E-state index in [1.807, 2.05) is 0 Å². The molecule has 2 fully saturated rings. The zero-order valence-electron chi connectivity index (χ0n) is 19.1. The summed E-state index contributed by atoms with van der Waals surface area (Å²) in [5.74, 6) is 1.82. The Morgan fingerprint density at radius 2 is 1.67 bits per heavy atom. The third-order valence-corrected chi connectivity index (χ3v) is 7.04. The van der Waals surface area contributed by atoms with Crippen molar-refractivity contribution >= 4 is 10.0 Å². The number of sulfonamides is 1. The lowest BCUT2D eigenvalue weighted by atomic mass is 9.84. The van der Waals surface area contributed by atoms with Gasteiger partial charge in [0.1, 0.15) is 12.4 Å². The number of hydrogen-bond acceptors (Lipinski definition) is 6. The van der Waals surface area contributed by atoms with Gasteiger partial charge in [-0.3, -0.25) is 4.90 Å². The number of nitrogens with one attached hydrogen (secondary N) is 1. The summed E-state index contributed by atoms with van der Waals surface area (Å²) in [4.78, 5) is 4.95. The van der Waals surface area contributed by atoms with Crippen LogP contribution in [0.4, 0.5) is 0 Å². The van der Waals surface area contributed by atoms with E-state index in [1.54, 1.807) is 24.3 Å². The van der Waals surface area contributed by atoms with Gasteiger partial charge in [-0.05, 0) is 48.1 Å². The van der Waals surface area contributed by atoms with Gasteiger partial charge in [0.15, 0.2) is 0 Å². The van der Waals surface area contributed by atoms with Crippen LogP contribution in [0, 0.1) is 23.2 Å². The summed E-state index contributed by atoms with van der Waals surface area (Å²) in [5.41, 5.74) is 1.92. The Kier molecular flexibility index (Phi) is 7.66. The van der Waals surface area contributed by atoms with E-state index in [1.165, 1.54) is 18.2 Å². The second-order valence-corrected chi connectivity index (χ2v) is 11.2. The molecule has 0 amide bonds. The summed E-state index contributed by atoms with van der Waals surface area (Å²) < 4.78 is 32.5. The molecule has 3 atom stereocenters. The number of nitrogens with zero attached hydrogens (tertiary/aromatic N) is 3. The SMILES string of the molecule is CS(=O)(=O)NC(COc1ccc(C#N)cc1)CN1CC2CC(CN(Cc3ccccc3)C2)C1. The summed E-state index contributed by atoms with van der Waals surface area (Å²) in [7, 11) is -3.36. The van der Waals surface area contributed by atoms with Crippen LogP contribution in [-0.2, 0) is 16.6 Å². The first-order valence-electron chi connectivity index (χ1n) is 11.4. The van der Waals surface area contributed by atoms with Crippen LogP contribution in [0.2, 0.25) is 0 Å². The van der Waals surface area contributed by atoms with Crippen molar-refractivity contribution < 1.29 is 13.2 Å². The Labute approximate surface area is 197 Å². The van der Waals surface area contributed by atoms with Crippen molar-refractivity contribution in [1.82, 2.24) is 14.5 Å². The fourth-order valence-electron chi connectivity index (χ4n) is 5.18. The average molecular weight is 469 g/mol. The first-order valence-corrected chi connectivity index (χ1v) is 13.3. The summed E-state index contributed by atoms with van der Waals surface area (Å²) in [6.07, 6.45) is 2.43. The smallest absolute Gasteiger partial charge is 0.209 e. The van der Waals surface area contributed by atoms with E-state index in [-0.39, 0.29) is 12.6 Å². The number of piperidine rings is 2. The molecule has 7 nitrogen and oxygen atoms in total. The van der Waals surface area contributed by atoms with Gasteiger partial charge >= 0.3 is 0 Å². The van der Waals surface area contributed by atoms with E-state index in [9.17, 15) is 8.42 Å². The van der Waals surface area contributed by atoms with Gasteiger partial charge in [0, 0.05) is 39.3 Å². The minimum atomic E-state index is -3.36. The molecule has 4 rings (SSSR count). The molecule has 8 heteroatoms. The number of nitriles is 1. The van der Waals surface area contributed by atoms with E-state index in [2.05, 4.69) is 50.9 Å². The molecule has 2 aromatic carbocycles. The zero-order chi connectivity index (χ0) is 23.3. The summed E-state index contributed by atoms with van der Waals surface area (Å²) >= 11 is 0. The highest BCUT2D eigenvalue weighted by molar-refractivity contribution is 7.88. The second-order valence-electron chi connectivity index (χ2n) is 9.40. The molecule has 3 unspecified atom stereocenters. The maximum absolute atomic E-state index is 12.0. The third-order valence-electron chi connectivity index (χ3n) is 6.28. The average Bonchev–Trinajstić information content (AvgIpc) is 2.77. The van der Waals surface area contributed by atoms with Gasteiger partial charge in [0.05, 0.1) is 23.9 Å². The lowest BCUT2D eigenvalue weighted by Gasteiger charge is -2.46. The van der Waals surface area contributed by atoms with Crippen LogP contribution in [0.1, 0.15) is 17.5 Å². The predicted molar refractivity (Wildman–Crippen MR) is 128 cm³/mol. The van der Waals surface area contributed by atoms with Crippen molar-refractivity contribution in [3.05, 3.63) is 65.7 Å². The summed E-state index contributed by atoms with van der Waals surface area (Å²) in [6.45, 7) is 5.95. The Balaban J connectivity index is 1.33. The molecule has 176 valence electrons. The van der Waals surface area contributed by atoms with Crippen molar-refractivity contribution in [2.24, 2.45) is 11.8 Å². The van der Waals surface area contributed by atoms with E-state index < -0.39 is 10.0 Å². The van der Waals surface area contributed by atoms with Gasteiger partial charge in [-0.1, -0.05) is 30.3 Å². The van der Waals surface area contributed by atoms with Crippen LogP contribution in [0.3, 0.4) is 0 Å². The van der Waals surface area contributed by atoms with Gasteiger partial charge in [0.25, 0.3) is 0 Å². The van der Waals surface area contributed by atoms with E-state index in [0.717, 1.165) is 32.7 Å². The monoisotopic (exact) mass is 468 g/mol. The van der Waals surface area contributed by atoms with Gasteiger partial charge in [-0.25, -0.2) is 13.1 Å². The number of likely N-dealkylation sites (tertiary alicyclic amines) is 2. The number of hydrogen-bond donors (Lipinski definition) is 1. The molecule has 33 heavy (non-hydrogen) atoms. The van der Waals surface area contributed by atoms with Gasteiger partial charge in [0.2, 0.25) is 10.0 Å². The molecule has 0 aliphatic carbocycles. The van der Waals surface area contributed by atoms with Crippen LogP contribution < -0.4 is 9.46 Å². The van der Waals surface area contributed by atoms with Crippen LogP contribution in [0.25, 0.3) is 0 Å². The highest BCUT2D eigenvalue weighted by Crippen LogP contribution is 2.29. The van der Waals surface area contributed by atoms with E-state index in [4.69, 9.17) is 10.00 Å². The Bertz CT molecular complexity index is 1040. The molecule has 0 radical (unpaired) electrons. The fourth-order valence-corrected chi connectivity index (χ4v) is 5.92. The molecular weight excluding hydrogens is 436 g/mol. The van der Waals surface area contributed by atoms with Crippen molar-refractivity contribution in [2.45, 2.75) is 19.0 Å². The molecule has 2 aliphatic heterocycles. The Morgan fingerprint density at radius 3 is 2.27 bits per heavy atom. The molecule has 2 saturated heterocycles. The topological polar surface area (TPSA) is 85.7 Å². The Hall–Kier alpha value is -2.44. The third kappa shape index (κ3) is 7.27. The predicted octanol–water partition coefficient (Wildman–Crippen LogP) is 2.31. The standard InChI is InChI=1S/C25H32N4O3S/c1-33(30,31)27-24(19-32-25-9-7-20(12-26)8-10-25)18-29-16-22-11-23(17-29)15-28(14-22)13-21-5-3-2-4-6-21/h2-10,22-24,27H,11,13-19H2,1H3. The normalized spacial score (nSPS) is 22.4. The Morgan fingerprint density at radius 1 is 1.03 bits per heavy atom. The van der Waals surface area contributed by atoms with E-state index >= 15 is 0 Å². The highest BCUT2D eigenvalue weighted by Gasteiger charge is 2.35. The quantitative estimate of drug-likeness (QED) is 0.608. The van der Waals surface area contributed by atoms with Crippen LogP contribution in [0.15, 0.2) is 54.6 Å². The molecule has 1 N–H and O–H groups in total. The largest absolute Gasteiger partial charge is 0.492 e. The second kappa shape index (κ2) is 10.7. The minimum Gasteiger partial charge on any atom is -0.492 e. The molecule has 0 saturated carbocycles. The van der Waals surface area contributed by atoms with Gasteiger partial charge in [-0.2, -0.15) is 5.26 Å². The molecule has 2 bridgehead atoms. The van der Waals surface area contributed by atoms with Crippen LogP contribution >= 0.6 is 0 Å². The molecule has 2 aliphatic rings. The van der Waals surface area contributed by atoms with Crippen molar-refractivity contribution in [3.63, 3.8) is 0 Å². The zero-order valence-corrected chi connectivity index (χ0v) is 19.9. The lowest BCUT2D eigenvalue weighted by Crippen LogP contribution is -2.55. The molecule has 0 aromatic heterocycles. The molecule has 2 aromatic rings.